The molecule has 8 nitrogen and oxygen atoms in total. The molecule has 3 rings (SSSR count). The van der Waals surface area contributed by atoms with E-state index >= 15 is 0 Å². The average molecular weight is 397 g/mol. The molecular formula is C20H16FN3O5. The number of non-ortho nitro benzene ring substituents is 1. The maximum atomic E-state index is 14.2. The fraction of sp³-hybridized carbons (Fsp3) is 0.100. The van der Waals surface area contributed by atoms with Gasteiger partial charge in [0.25, 0.3) is 11.6 Å². The molecule has 0 spiro atoms. The molecule has 0 aliphatic heterocycles. The zero-order chi connectivity index (χ0) is 20.6. The summed E-state index contributed by atoms with van der Waals surface area (Å²) in [5.74, 6) is -0.193. The first-order valence-corrected chi connectivity index (χ1v) is 8.51. The zero-order valence-electron chi connectivity index (χ0n) is 15.1. The Bertz CT molecular complexity index is 997. The molecule has 0 bridgehead atoms. The van der Waals surface area contributed by atoms with E-state index in [2.05, 4.69) is 10.3 Å². The molecule has 9 heteroatoms. The highest BCUT2D eigenvalue weighted by Crippen LogP contribution is 2.24. The van der Waals surface area contributed by atoms with E-state index in [4.69, 9.17) is 9.47 Å². The molecule has 1 amide bonds. The van der Waals surface area contributed by atoms with Crippen LogP contribution in [-0.4, -0.2) is 22.4 Å². The minimum atomic E-state index is -0.567. The summed E-state index contributed by atoms with van der Waals surface area (Å²) in [6.07, 6.45) is 3.05. The normalized spacial score (nSPS) is 10.2. The van der Waals surface area contributed by atoms with Gasteiger partial charge in [-0.25, -0.2) is 4.39 Å². The summed E-state index contributed by atoms with van der Waals surface area (Å²) in [4.78, 5) is 25.9. The Morgan fingerprint density at radius 1 is 1.14 bits per heavy atom. The lowest BCUT2D eigenvalue weighted by Gasteiger charge is -2.10. The Hall–Kier alpha value is -4.01. The van der Waals surface area contributed by atoms with E-state index in [1.165, 1.54) is 42.6 Å². The lowest BCUT2D eigenvalue weighted by Crippen LogP contribution is -2.28. The topological polar surface area (TPSA) is 104 Å². The number of hydrogen-bond donors (Lipinski definition) is 1. The van der Waals surface area contributed by atoms with Crippen LogP contribution in [0.5, 0.6) is 17.2 Å². The first-order valence-electron chi connectivity index (χ1n) is 8.51. The number of benzene rings is 2. The first kappa shape index (κ1) is 19.7. The van der Waals surface area contributed by atoms with Gasteiger partial charge >= 0.3 is 0 Å². The first-order chi connectivity index (χ1) is 14.0. The van der Waals surface area contributed by atoms with Crippen LogP contribution in [0.2, 0.25) is 0 Å². The Labute approximate surface area is 165 Å². The Balaban J connectivity index is 1.48. The van der Waals surface area contributed by atoms with Crippen LogP contribution in [0.4, 0.5) is 10.1 Å². The molecule has 0 atom stereocenters. The van der Waals surface area contributed by atoms with Crippen LogP contribution < -0.4 is 14.8 Å². The molecule has 1 aromatic heterocycles. The van der Waals surface area contributed by atoms with Crippen molar-refractivity contribution in [3.63, 3.8) is 0 Å². The molecule has 1 heterocycles. The van der Waals surface area contributed by atoms with E-state index in [0.717, 1.165) is 0 Å². The molecule has 0 saturated carbocycles. The largest absolute Gasteiger partial charge is 0.484 e. The van der Waals surface area contributed by atoms with E-state index in [-0.39, 0.29) is 24.6 Å². The van der Waals surface area contributed by atoms with Crippen molar-refractivity contribution in [3.8, 4) is 17.2 Å². The number of halogens is 1. The molecule has 0 unspecified atom stereocenters. The second kappa shape index (κ2) is 9.27. The van der Waals surface area contributed by atoms with Crippen molar-refractivity contribution in [3.05, 3.63) is 88.5 Å². The van der Waals surface area contributed by atoms with E-state index in [0.29, 0.717) is 17.1 Å². The number of carbonyl (C=O) groups is 1. The molecule has 0 fully saturated rings. The van der Waals surface area contributed by atoms with Crippen molar-refractivity contribution in [1.82, 2.24) is 10.3 Å². The molecule has 29 heavy (non-hydrogen) atoms. The maximum Gasteiger partial charge on any atom is 0.269 e. The van der Waals surface area contributed by atoms with Crippen LogP contribution in [0.1, 0.15) is 5.56 Å². The van der Waals surface area contributed by atoms with Crippen molar-refractivity contribution < 1.29 is 23.6 Å². The van der Waals surface area contributed by atoms with E-state index in [1.54, 1.807) is 24.4 Å². The summed E-state index contributed by atoms with van der Waals surface area (Å²) in [6.45, 7) is -0.172. The monoisotopic (exact) mass is 397 g/mol. The highest BCUT2D eigenvalue weighted by atomic mass is 19.1. The van der Waals surface area contributed by atoms with Gasteiger partial charge in [0.05, 0.1) is 11.1 Å². The van der Waals surface area contributed by atoms with Gasteiger partial charge in [-0.3, -0.25) is 19.9 Å². The number of rotatable bonds is 8. The van der Waals surface area contributed by atoms with Gasteiger partial charge in [-0.2, -0.15) is 0 Å². The number of nitrogens with one attached hydrogen (secondary N) is 1. The number of hydrogen-bond acceptors (Lipinski definition) is 6. The molecular weight excluding hydrogens is 381 g/mol. The standard InChI is InChI=1S/C20H16FN3O5/c21-18-10-14(3-8-19(18)29-17-2-1-9-22-12-17)11-23-20(25)13-28-16-6-4-15(5-7-16)24(26)27/h1-10,12H,11,13H2,(H,23,25). The Morgan fingerprint density at radius 2 is 1.93 bits per heavy atom. The number of nitro groups is 1. The maximum absolute atomic E-state index is 14.2. The Morgan fingerprint density at radius 3 is 2.59 bits per heavy atom. The molecule has 0 saturated heterocycles. The van der Waals surface area contributed by atoms with Crippen LogP contribution in [0.3, 0.4) is 0 Å². The van der Waals surface area contributed by atoms with Crippen molar-refractivity contribution in [1.29, 1.82) is 0 Å². The SMILES string of the molecule is O=C(COc1ccc([N+](=O)[O-])cc1)NCc1ccc(Oc2cccnc2)c(F)c1. The van der Waals surface area contributed by atoms with Gasteiger partial charge in [0, 0.05) is 24.9 Å². The minimum absolute atomic E-state index is 0.0505. The summed E-state index contributed by atoms with van der Waals surface area (Å²) in [6, 6.07) is 13.1. The van der Waals surface area contributed by atoms with Crippen LogP contribution in [0.25, 0.3) is 0 Å². The molecule has 2 aromatic carbocycles. The highest BCUT2D eigenvalue weighted by Gasteiger charge is 2.09. The molecule has 1 N–H and O–H groups in total. The lowest BCUT2D eigenvalue weighted by molar-refractivity contribution is -0.384. The van der Waals surface area contributed by atoms with E-state index in [9.17, 15) is 19.3 Å². The third kappa shape index (κ3) is 5.73. The molecule has 3 aromatic rings. The number of carbonyl (C=O) groups excluding carboxylic acids is 1. The van der Waals surface area contributed by atoms with Gasteiger partial charge < -0.3 is 14.8 Å². The third-order valence-corrected chi connectivity index (χ3v) is 3.77. The predicted molar refractivity (Wildman–Crippen MR) is 101 cm³/mol. The number of aromatic nitrogens is 1. The average Bonchev–Trinajstić information content (AvgIpc) is 2.73. The highest BCUT2D eigenvalue weighted by molar-refractivity contribution is 5.77. The second-order valence-electron chi connectivity index (χ2n) is 5.87. The quantitative estimate of drug-likeness (QED) is 0.460. The van der Waals surface area contributed by atoms with E-state index in [1.807, 2.05) is 0 Å². The van der Waals surface area contributed by atoms with Crippen LogP contribution in [-0.2, 0) is 11.3 Å². The van der Waals surface area contributed by atoms with Crippen LogP contribution in [0, 0.1) is 15.9 Å². The third-order valence-electron chi connectivity index (χ3n) is 3.77. The fourth-order valence-electron chi connectivity index (χ4n) is 2.34. The lowest BCUT2D eigenvalue weighted by atomic mass is 10.2. The Kier molecular flexibility index (Phi) is 6.31. The molecule has 0 aliphatic rings. The number of nitrogens with zero attached hydrogens (tertiary/aromatic N) is 2. The van der Waals surface area contributed by atoms with Crippen LogP contribution >= 0.6 is 0 Å². The van der Waals surface area contributed by atoms with E-state index < -0.39 is 16.6 Å². The fourth-order valence-corrected chi connectivity index (χ4v) is 2.34. The molecule has 0 radical (unpaired) electrons. The summed E-state index contributed by atoms with van der Waals surface area (Å²) in [5, 5.41) is 13.2. The second-order valence-corrected chi connectivity index (χ2v) is 5.87. The van der Waals surface area contributed by atoms with Crippen molar-refractivity contribution in [2.45, 2.75) is 6.54 Å². The van der Waals surface area contributed by atoms with Crippen molar-refractivity contribution in [2.75, 3.05) is 6.61 Å². The molecule has 0 aliphatic carbocycles. The summed E-state index contributed by atoms with van der Waals surface area (Å²) in [5.41, 5.74) is 0.476. The smallest absolute Gasteiger partial charge is 0.269 e. The number of pyridine rings is 1. The summed E-state index contributed by atoms with van der Waals surface area (Å²) in [7, 11) is 0. The van der Waals surface area contributed by atoms with Crippen molar-refractivity contribution in [2.24, 2.45) is 0 Å². The van der Waals surface area contributed by atoms with Crippen LogP contribution in [0.15, 0.2) is 67.0 Å². The number of amides is 1. The summed E-state index contributed by atoms with van der Waals surface area (Å²) >= 11 is 0. The van der Waals surface area contributed by atoms with Gasteiger partial charge in [-0.15, -0.1) is 0 Å². The zero-order valence-corrected chi connectivity index (χ0v) is 15.1. The predicted octanol–water partition coefficient (Wildman–Crippen LogP) is 3.62. The minimum Gasteiger partial charge on any atom is -0.484 e. The van der Waals surface area contributed by atoms with Crippen molar-refractivity contribution >= 4 is 11.6 Å². The van der Waals surface area contributed by atoms with Gasteiger partial charge in [-0.05, 0) is 42.0 Å². The van der Waals surface area contributed by atoms with Gasteiger partial charge in [0.1, 0.15) is 11.5 Å². The van der Waals surface area contributed by atoms with Gasteiger partial charge in [0.15, 0.2) is 18.2 Å². The molecule has 148 valence electrons. The van der Waals surface area contributed by atoms with Gasteiger partial charge in [0.2, 0.25) is 0 Å². The number of ether oxygens (including phenoxy) is 2. The van der Waals surface area contributed by atoms with Gasteiger partial charge in [-0.1, -0.05) is 6.07 Å². The summed E-state index contributed by atoms with van der Waals surface area (Å²) < 4.78 is 24.9. The number of nitro benzene ring substituents is 1.